The van der Waals surface area contributed by atoms with Gasteiger partial charge in [0, 0.05) is 45.1 Å². The van der Waals surface area contributed by atoms with Crippen LogP contribution in [-0.4, -0.2) is 46.5 Å². The second-order valence-corrected chi connectivity index (χ2v) is 6.00. The summed E-state index contributed by atoms with van der Waals surface area (Å²) in [6.07, 6.45) is 5.70. The molecule has 1 aliphatic rings. The van der Waals surface area contributed by atoms with Gasteiger partial charge in [0.05, 0.1) is 0 Å². The van der Waals surface area contributed by atoms with Crippen molar-refractivity contribution in [3.05, 3.63) is 40.6 Å². The average molecular weight is 304 g/mol. The molecule has 6 heteroatoms. The molecular formula is C15H20N4OS. The number of hydrogen-bond acceptors (Lipinski definition) is 4. The van der Waals surface area contributed by atoms with E-state index in [4.69, 9.17) is 0 Å². The molecule has 1 N–H and O–H groups in total. The Labute approximate surface area is 128 Å². The van der Waals surface area contributed by atoms with Crippen molar-refractivity contribution in [3.63, 3.8) is 0 Å². The second-order valence-electron chi connectivity index (χ2n) is 5.22. The van der Waals surface area contributed by atoms with Gasteiger partial charge in [-0.1, -0.05) is 0 Å². The maximum absolute atomic E-state index is 12.5. The molecule has 0 aromatic carbocycles. The Hall–Kier alpha value is -1.66. The van der Waals surface area contributed by atoms with Crippen LogP contribution in [0.5, 0.6) is 0 Å². The lowest BCUT2D eigenvalue weighted by molar-refractivity contribution is 0.0718. The number of amides is 1. The molecule has 0 atom stereocenters. The first-order chi connectivity index (χ1) is 10.3. The summed E-state index contributed by atoms with van der Waals surface area (Å²) in [5, 5.41) is 7.54. The molecule has 112 valence electrons. The van der Waals surface area contributed by atoms with Crippen LogP contribution in [0.4, 0.5) is 0 Å². The van der Waals surface area contributed by atoms with Gasteiger partial charge in [0.15, 0.2) is 5.82 Å². The van der Waals surface area contributed by atoms with E-state index in [2.05, 4.69) is 27.1 Å². The van der Waals surface area contributed by atoms with Gasteiger partial charge in [0.25, 0.3) is 5.91 Å². The van der Waals surface area contributed by atoms with E-state index in [1.807, 2.05) is 15.7 Å². The third-order valence-electron chi connectivity index (χ3n) is 3.76. The third kappa shape index (κ3) is 3.51. The number of imidazole rings is 1. The van der Waals surface area contributed by atoms with E-state index in [0.717, 1.165) is 45.6 Å². The molecule has 0 unspecified atom stereocenters. The maximum atomic E-state index is 12.5. The van der Waals surface area contributed by atoms with E-state index in [-0.39, 0.29) is 5.91 Å². The maximum Gasteiger partial charge on any atom is 0.289 e. The van der Waals surface area contributed by atoms with Crippen molar-refractivity contribution in [1.82, 2.24) is 19.8 Å². The first-order valence-electron chi connectivity index (χ1n) is 7.37. The van der Waals surface area contributed by atoms with Crippen molar-refractivity contribution in [1.29, 1.82) is 0 Å². The van der Waals surface area contributed by atoms with Crippen molar-refractivity contribution < 1.29 is 4.79 Å². The van der Waals surface area contributed by atoms with E-state index in [1.54, 1.807) is 17.5 Å². The Morgan fingerprint density at radius 3 is 3.00 bits per heavy atom. The molecule has 1 saturated heterocycles. The van der Waals surface area contributed by atoms with Crippen molar-refractivity contribution in [2.24, 2.45) is 0 Å². The molecule has 0 saturated carbocycles. The Balaban J connectivity index is 1.59. The molecule has 3 rings (SSSR count). The minimum Gasteiger partial charge on any atom is -0.333 e. The van der Waals surface area contributed by atoms with Crippen molar-refractivity contribution in [2.75, 3.05) is 26.2 Å². The molecule has 0 aliphatic carbocycles. The fourth-order valence-corrected chi connectivity index (χ4v) is 3.29. The highest BCUT2D eigenvalue weighted by Crippen LogP contribution is 2.11. The molecule has 1 amide bonds. The van der Waals surface area contributed by atoms with Gasteiger partial charge < -0.3 is 14.8 Å². The van der Waals surface area contributed by atoms with Crippen LogP contribution < -0.4 is 5.32 Å². The number of nitrogens with one attached hydrogen (secondary N) is 1. The van der Waals surface area contributed by atoms with Crippen LogP contribution in [0.2, 0.25) is 0 Å². The minimum absolute atomic E-state index is 0.0528. The SMILES string of the molecule is O=C(c1nccn1CCCc1ccsc1)N1CCNCC1. The number of carbonyl (C=O) groups is 1. The fraction of sp³-hybridized carbons (Fsp3) is 0.467. The first-order valence-corrected chi connectivity index (χ1v) is 8.31. The normalized spacial score (nSPS) is 15.3. The summed E-state index contributed by atoms with van der Waals surface area (Å²) in [5.41, 5.74) is 1.37. The van der Waals surface area contributed by atoms with Gasteiger partial charge in [-0.25, -0.2) is 4.98 Å². The highest BCUT2D eigenvalue weighted by molar-refractivity contribution is 7.07. The number of carbonyl (C=O) groups excluding carboxylic acids is 1. The molecule has 1 fully saturated rings. The van der Waals surface area contributed by atoms with Crippen molar-refractivity contribution in [2.45, 2.75) is 19.4 Å². The van der Waals surface area contributed by atoms with Gasteiger partial charge in [0.2, 0.25) is 0 Å². The highest BCUT2D eigenvalue weighted by atomic mass is 32.1. The summed E-state index contributed by atoms with van der Waals surface area (Å²) in [7, 11) is 0. The topological polar surface area (TPSA) is 50.2 Å². The van der Waals surface area contributed by atoms with E-state index < -0.39 is 0 Å². The second kappa shape index (κ2) is 6.87. The van der Waals surface area contributed by atoms with E-state index in [9.17, 15) is 4.79 Å². The van der Waals surface area contributed by atoms with Crippen molar-refractivity contribution >= 4 is 17.2 Å². The van der Waals surface area contributed by atoms with Crippen LogP contribution in [0.25, 0.3) is 0 Å². The van der Waals surface area contributed by atoms with Gasteiger partial charge >= 0.3 is 0 Å². The summed E-state index contributed by atoms with van der Waals surface area (Å²) in [5.74, 6) is 0.624. The minimum atomic E-state index is 0.0528. The van der Waals surface area contributed by atoms with Gasteiger partial charge in [-0.2, -0.15) is 11.3 Å². The Kier molecular flexibility index (Phi) is 4.67. The molecule has 21 heavy (non-hydrogen) atoms. The highest BCUT2D eigenvalue weighted by Gasteiger charge is 2.21. The predicted octanol–water partition coefficient (Wildman–Crippen LogP) is 1.62. The molecule has 3 heterocycles. The predicted molar refractivity (Wildman–Crippen MR) is 83.6 cm³/mol. The van der Waals surface area contributed by atoms with Crippen LogP contribution >= 0.6 is 11.3 Å². The Morgan fingerprint density at radius 1 is 1.38 bits per heavy atom. The largest absolute Gasteiger partial charge is 0.333 e. The molecule has 2 aromatic rings. The van der Waals surface area contributed by atoms with E-state index in [0.29, 0.717) is 5.82 Å². The molecule has 1 aliphatic heterocycles. The molecular weight excluding hydrogens is 284 g/mol. The lowest BCUT2D eigenvalue weighted by Crippen LogP contribution is -2.47. The van der Waals surface area contributed by atoms with E-state index >= 15 is 0 Å². The number of hydrogen-bond donors (Lipinski definition) is 1. The van der Waals surface area contributed by atoms with Crippen LogP contribution in [0, 0.1) is 0 Å². The van der Waals surface area contributed by atoms with Crippen molar-refractivity contribution in [3.8, 4) is 0 Å². The number of aryl methyl sites for hydroxylation is 2. The standard InChI is InChI=1S/C15H20N4OS/c20-15(19-8-4-16-5-9-19)14-17-6-10-18(14)7-1-2-13-3-11-21-12-13/h3,6,10-12,16H,1-2,4-5,7-9H2. The third-order valence-corrected chi connectivity index (χ3v) is 4.49. The zero-order valence-corrected chi connectivity index (χ0v) is 12.8. The summed E-state index contributed by atoms with van der Waals surface area (Å²) in [4.78, 5) is 18.6. The Bertz CT molecular complexity index is 572. The molecule has 0 bridgehead atoms. The summed E-state index contributed by atoms with van der Waals surface area (Å²) >= 11 is 1.73. The Morgan fingerprint density at radius 2 is 2.24 bits per heavy atom. The molecule has 0 spiro atoms. The molecule has 0 radical (unpaired) electrons. The van der Waals surface area contributed by atoms with E-state index in [1.165, 1.54) is 5.56 Å². The average Bonchev–Trinajstić information content (AvgIpc) is 3.19. The molecule has 2 aromatic heterocycles. The zero-order valence-electron chi connectivity index (χ0n) is 12.0. The van der Waals surface area contributed by atoms with Crippen LogP contribution in [0.1, 0.15) is 22.6 Å². The number of piperazine rings is 1. The summed E-state index contributed by atoms with van der Waals surface area (Å²) in [6, 6.07) is 2.16. The monoisotopic (exact) mass is 304 g/mol. The lowest BCUT2D eigenvalue weighted by Gasteiger charge is -2.27. The smallest absolute Gasteiger partial charge is 0.289 e. The first kappa shape index (κ1) is 14.3. The van der Waals surface area contributed by atoms with Crippen LogP contribution in [0.15, 0.2) is 29.2 Å². The zero-order chi connectivity index (χ0) is 14.5. The van der Waals surface area contributed by atoms with Gasteiger partial charge in [-0.05, 0) is 35.2 Å². The number of rotatable bonds is 5. The van der Waals surface area contributed by atoms with Crippen LogP contribution in [0.3, 0.4) is 0 Å². The van der Waals surface area contributed by atoms with Gasteiger partial charge in [-0.15, -0.1) is 0 Å². The fourth-order valence-electron chi connectivity index (χ4n) is 2.59. The summed E-state index contributed by atoms with van der Waals surface area (Å²) in [6.45, 7) is 4.10. The van der Waals surface area contributed by atoms with Gasteiger partial charge in [0.1, 0.15) is 0 Å². The number of nitrogens with zero attached hydrogens (tertiary/aromatic N) is 3. The number of aromatic nitrogens is 2. The van der Waals surface area contributed by atoms with Crippen LogP contribution in [-0.2, 0) is 13.0 Å². The number of thiophene rings is 1. The quantitative estimate of drug-likeness (QED) is 0.913. The lowest BCUT2D eigenvalue weighted by atomic mass is 10.2. The summed E-state index contributed by atoms with van der Waals surface area (Å²) < 4.78 is 1.98. The molecule has 5 nitrogen and oxygen atoms in total. The van der Waals surface area contributed by atoms with Gasteiger partial charge in [-0.3, -0.25) is 4.79 Å².